The summed E-state index contributed by atoms with van der Waals surface area (Å²) in [6.07, 6.45) is -3.80. The first-order valence-electron chi connectivity index (χ1n) is 9.13. The van der Waals surface area contributed by atoms with Gasteiger partial charge in [0.25, 0.3) is 0 Å². The Morgan fingerprint density at radius 1 is 1.10 bits per heavy atom. The Morgan fingerprint density at radius 3 is 2.28 bits per heavy atom. The summed E-state index contributed by atoms with van der Waals surface area (Å²) in [5.74, 6) is 1.03. The quantitative estimate of drug-likeness (QED) is 0.211. The molecule has 0 aliphatic heterocycles. The molecule has 0 aliphatic carbocycles. The van der Waals surface area contributed by atoms with E-state index in [0.717, 1.165) is 17.7 Å². The van der Waals surface area contributed by atoms with E-state index in [1.165, 1.54) is 4.90 Å². The number of carbonyl (C=O) groups excluding carboxylic acids is 1. The van der Waals surface area contributed by atoms with Crippen LogP contribution < -0.4 is 15.4 Å². The maximum atomic E-state index is 12.2. The topological polar surface area (TPSA) is 66.0 Å². The van der Waals surface area contributed by atoms with E-state index in [4.69, 9.17) is 4.74 Å². The zero-order valence-electron chi connectivity index (χ0n) is 17.0. The Labute approximate surface area is 187 Å². The molecule has 0 saturated heterocycles. The number of carbonyl (C=O) groups is 1. The van der Waals surface area contributed by atoms with Crippen LogP contribution >= 0.6 is 24.0 Å². The Balaban J connectivity index is 0.00000784. The second kappa shape index (κ2) is 14.3. The number of guanidine groups is 1. The number of hydrogen-bond donors (Lipinski definition) is 2. The molecule has 0 saturated carbocycles. The summed E-state index contributed by atoms with van der Waals surface area (Å²) < 4.78 is 41.7. The third-order valence-corrected chi connectivity index (χ3v) is 3.92. The summed E-state index contributed by atoms with van der Waals surface area (Å²) in [4.78, 5) is 17.4. The summed E-state index contributed by atoms with van der Waals surface area (Å²) in [7, 11) is 4.88. The van der Waals surface area contributed by atoms with Gasteiger partial charge >= 0.3 is 6.18 Å². The standard InChI is InChI=1S/C19H29F3N4O2.HI/c1-26(2)17(27)14-25-18(23-12-5-4-11-19(20,21)22)24-13-10-15-6-8-16(28-3)9-7-15;/h6-9H,4-5,10-14H2,1-3H3,(H2,23,24,25);1H. The van der Waals surface area contributed by atoms with Gasteiger partial charge in [-0.05, 0) is 37.0 Å². The van der Waals surface area contributed by atoms with Gasteiger partial charge in [-0.1, -0.05) is 12.1 Å². The first-order chi connectivity index (χ1) is 13.2. The van der Waals surface area contributed by atoms with Crippen molar-refractivity contribution in [3.63, 3.8) is 0 Å². The lowest BCUT2D eigenvalue weighted by atomic mass is 10.1. The third-order valence-electron chi connectivity index (χ3n) is 3.92. The normalized spacial score (nSPS) is 11.4. The molecule has 166 valence electrons. The fraction of sp³-hybridized carbons (Fsp3) is 0.579. The van der Waals surface area contributed by atoms with Crippen LogP contribution in [0.1, 0.15) is 24.8 Å². The van der Waals surface area contributed by atoms with Crippen LogP contribution in [0.25, 0.3) is 0 Å². The maximum Gasteiger partial charge on any atom is 0.389 e. The largest absolute Gasteiger partial charge is 0.497 e. The molecule has 0 aliphatic rings. The Hall–Kier alpha value is -1.72. The molecule has 1 aromatic carbocycles. The number of hydrogen-bond acceptors (Lipinski definition) is 3. The molecule has 0 bridgehead atoms. The SMILES string of the molecule is COc1ccc(CCNC(=NCC(=O)N(C)C)NCCCCC(F)(F)F)cc1.I. The fourth-order valence-corrected chi connectivity index (χ4v) is 2.24. The first kappa shape index (κ1) is 27.3. The molecule has 6 nitrogen and oxygen atoms in total. The molecule has 0 atom stereocenters. The lowest BCUT2D eigenvalue weighted by Gasteiger charge is -2.14. The lowest BCUT2D eigenvalue weighted by molar-refractivity contribution is -0.135. The first-order valence-corrected chi connectivity index (χ1v) is 9.13. The smallest absolute Gasteiger partial charge is 0.389 e. The predicted molar refractivity (Wildman–Crippen MR) is 119 cm³/mol. The van der Waals surface area contributed by atoms with Gasteiger partial charge in [0.1, 0.15) is 12.3 Å². The van der Waals surface area contributed by atoms with Gasteiger partial charge in [-0.2, -0.15) is 13.2 Å². The van der Waals surface area contributed by atoms with Crippen molar-refractivity contribution in [2.45, 2.75) is 31.9 Å². The molecule has 0 aromatic heterocycles. The van der Waals surface area contributed by atoms with E-state index in [0.29, 0.717) is 25.5 Å². The van der Waals surface area contributed by atoms with E-state index in [1.54, 1.807) is 21.2 Å². The van der Waals surface area contributed by atoms with Crippen LogP contribution in [-0.2, 0) is 11.2 Å². The fourth-order valence-electron chi connectivity index (χ4n) is 2.24. The van der Waals surface area contributed by atoms with Crippen LogP contribution in [0.2, 0.25) is 0 Å². The Kier molecular flexibility index (Phi) is 13.4. The average molecular weight is 530 g/mol. The molecule has 1 amide bonds. The molecule has 0 fully saturated rings. The zero-order chi connectivity index (χ0) is 21.0. The van der Waals surface area contributed by atoms with E-state index in [9.17, 15) is 18.0 Å². The van der Waals surface area contributed by atoms with Crippen molar-refractivity contribution in [3.8, 4) is 5.75 Å². The van der Waals surface area contributed by atoms with Crippen molar-refractivity contribution in [1.82, 2.24) is 15.5 Å². The summed E-state index contributed by atoms with van der Waals surface area (Å²) in [5, 5.41) is 6.10. The number of ether oxygens (including phenoxy) is 1. The lowest BCUT2D eigenvalue weighted by Crippen LogP contribution is -2.40. The Bertz CT molecular complexity index is 623. The molecule has 0 spiro atoms. The average Bonchev–Trinajstić information content (AvgIpc) is 2.64. The Morgan fingerprint density at radius 2 is 1.72 bits per heavy atom. The number of amides is 1. The van der Waals surface area contributed by atoms with Crippen LogP contribution in [0.5, 0.6) is 5.75 Å². The van der Waals surface area contributed by atoms with Gasteiger partial charge in [0.15, 0.2) is 5.96 Å². The van der Waals surface area contributed by atoms with Gasteiger partial charge in [0.2, 0.25) is 5.91 Å². The van der Waals surface area contributed by atoms with E-state index >= 15 is 0 Å². The van der Waals surface area contributed by atoms with Gasteiger partial charge in [-0.3, -0.25) is 4.79 Å². The molecular formula is C19H30F3IN4O2. The zero-order valence-corrected chi connectivity index (χ0v) is 19.3. The summed E-state index contributed by atoms with van der Waals surface area (Å²) in [5.41, 5.74) is 1.10. The highest BCUT2D eigenvalue weighted by Crippen LogP contribution is 2.21. The number of unbranched alkanes of at least 4 members (excludes halogenated alkanes) is 1. The van der Waals surface area contributed by atoms with E-state index in [1.807, 2.05) is 24.3 Å². The number of halogens is 4. The molecule has 0 heterocycles. The van der Waals surface area contributed by atoms with E-state index in [2.05, 4.69) is 15.6 Å². The molecule has 0 radical (unpaired) electrons. The molecule has 0 unspecified atom stereocenters. The van der Waals surface area contributed by atoms with Crippen molar-refractivity contribution in [2.24, 2.45) is 4.99 Å². The summed E-state index contributed by atoms with van der Waals surface area (Å²) >= 11 is 0. The summed E-state index contributed by atoms with van der Waals surface area (Å²) in [6, 6.07) is 7.66. The number of benzene rings is 1. The number of methoxy groups -OCH3 is 1. The monoisotopic (exact) mass is 530 g/mol. The van der Waals surface area contributed by atoms with Crippen molar-refractivity contribution in [1.29, 1.82) is 0 Å². The number of nitrogens with one attached hydrogen (secondary N) is 2. The van der Waals surface area contributed by atoms with Crippen molar-refractivity contribution < 1.29 is 22.7 Å². The highest BCUT2D eigenvalue weighted by atomic mass is 127. The number of nitrogens with zero attached hydrogens (tertiary/aromatic N) is 2. The second-order valence-corrected chi connectivity index (χ2v) is 6.48. The van der Waals surface area contributed by atoms with Crippen LogP contribution in [0.4, 0.5) is 13.2 Å². The summed E-state index contributed by atoms with van der Waals surface area (Å²) in [6.45, 7) is 0.880. The van der Waals surface area contributed by atoms with Gasteiger partial charge < -0.3 is 20.3 Å². The molecular weight excluding hydrogens is 500 g/mol. The van der Waals surface area contributed by atoms with Crippen LogP contribution in [-0.4, -0.2) is 63.8 Å². The number of alkyl halides is 3. The van der Waals surface area contributed by atoms with Gasteiger partial charge in [0, 0.05) is 33.6 Å². The van der Waals surface area contributed by atoms with E-state index < -0.39 is 12.6 Å². The van der Waals surface area contributed by atoms with Gasteiger partial charge in [-0.15, -0.1) is 24.0 Å². The number of likely N-dealkylation sites (N-methyl/N-ethyl adjacent to an activating group) is 1. The van der Waals surface area contributed by atoms with Crippen LogP contribution in [0.3, 0.4) is 0 Å². The molecule has 10 heteroatoms. The molecule has 1 rings (SSSR count). The minimum Gasteiger partial charge on any atom is -0.497 e. The predicted octanol–water partition coefficient (Wildman–Crippen LogP) is 3.21. The van der Waals surface area contributed by atoms with Crippen molar-refractivity contribution >= 4 is 35.8 Å². The number of aliphatic imine (C=N–C) groups is 1. The van der Waals surface area contributed by atoms with E-state index in [-0.39, 0.29) is 42.8 Å². The van der Waals surface area contributed by atoms with Crippen LogP contribution in [0, 0.1) is 0 Å². The van der Waals surface area contributed by atoms with Gasteiger partial charge in [0.05, 0.1) is 7.11 Å². The van der Waals surface area contributed by atoms with Crippen molar-refractivity contribution in [2.75, 3.05) is 40.8 Å². The molecule has 2 N–H and O–H groups in total. The third kappa shape index (κ3) is 13.2. The second-order valence-electron chi connectivity index (χ2n) is 6.48. The number of rotatable bonds is 10. The van der Waals surface area contributed by atoms with Gasteiger partial charge in [-0.25, -0.2) is 4.99 Å². The van der Waals surface area contributed by atoms with Crippen molar-refractivity contribution in [3.05, 3.63) is 29.8 Å². The molecule has 29 heavy (non-hydrogen) atoms. The minimum atomic E-state index is -4.13. The minimum absolute atomic E-state index is 0. The maximum absolute atomic E-state index is 12.2. The highest BCUT2D eigenvalue weighted by Gasteiger charge is 2.25. The van der Waals surface area contributed by atoms with Crippen LogP contribution in [0.15, 0.2) is 29.3 Å². The molecule has 1 aromatic rings. The highest BCUT2D eigenvalue weighted by molar-refractivity contribution is 14.0.